The molecule has 1 fully saturated rings. The lowest BCUT2D eigenvalue weighted by molar-refractivity contribution is 0.316. The molecule has 1 unspecified atom stereocenters. The number of hydrogen-bond donors (Lipinski definition) is 0. The molecule has 6 heteroatoms. The van der Waals surface area contributed by atoms with E-state index in [9.17, 15) is 8.42 Å². The molecule has 0 aliphatic carbocycles. The van der Waals surface area contributed by atoms with E-state index in [4.69, 9.17) is 11.6 Å². The van der Waals surface area contributed by atoms with Gasteiger partial charge in [-0.25, -0.2) is 8.42 Å². The number of thiophene rings is 1. The van der Waals surface area contributed by atoms with E-state index in [1.54, 1.807) is 16.4 Å². The summed E-state index contributed by atoms with van der Waals surface area (Å²) in [6.07, 6.45) is 1.90. The van der Waals surface area contributed by atoms with Gasteiger partial charge in [0.15, 0.2) is 0 Å². The lowest BCUT2D eigenvalue weighted by Gasteiger charge is -2.26. The molecule has 0 radical (unpaired) electrons. The molecule has 3 nitrogen and oxygen atoms in total. The van der Waals surface area contributed by atoms with Crippen molar-refractivity contribution in [2.45, 2.75) is 36.9 Å². The van der Waals surface area contributed by atoms with Gasteiger partial charge in [0.05, 0.1) is 4.34 Å². The molecule has 96 valence electrons. The highest BCUT2D eigenvalue weighted by Gasteiger charge is 2.37. The lowest BCUT2D eigenvalue weighted by Crippen LogP contribution is -2.38. The van der Waals surface area contributed by atoms with Crippen molar-refractivity contribution in [3.05, 3.63) is 16.5 Å². The monoisotopic (exact) mass is 293 g/mol. The van der Waals surface area contributed by atoms with Crippen LogP contribution in [-0.2, 0) is 10.0 Å². The summed E-state index contributed by atoms with van der Waals surface area (Å²) < 4.78 is 27.4. The predicted molar refractivity (Wildman–Crippen MR) is 71.1 cm³/mol. The van der Waals surface area contributed by atoms with E-state index in [0.717, 1.165) is 24.2 Å². The van der Waals surface area contributed by atoms with E-state index in [0.29, 0.717) is 21.0 Å². The molecule has 0 saturated carbocycles. The third-order valence-electron chi connectivity index (χ3n) is 3.13. The Morgan fingerprint density at radius 2 is 2.18 bits per heavy atom. The van der Waals surface area contributed by atoms with Crippen LogP contribution in [0.15, 0.2) is 16.3 Å². The first-order chi connectivity index (χ1) is 7.93. The molecule has 2 heterocycles. The fourth-order valence-electron chi connectivity index (χ4n) is 2.28. The minimum atomic E-state index is -3.34. The van der Waals surface area contributed by atoms with Gasteiger partial charge in [-0.05, 0) is 30.9 Å². The zero-order valence-corrected chi connectivity index (χ0v) is 12.3. The Hall–Kier alpha value is -0.100. The molecule has 1 atom stereocenters. The second kappa shape index (κ2) is 4.88. The van der Waals surface area contributed by atoms with Crippen molar-refractivity contribution >= 4 is 33.0 Å². The first-order valence-electron chi connectivity index (χ1n) is 5.70. The second-order valence-corrected chi connectivity index (χ2v) is 8.46. The summed E-state index contributed by atoms with van der Waals surface area (Å²) in [5.74, 6) is 0.350. The number of nitrogens with zero attached hydrogens (tertiary/aromatic N) is 1. The van der Waals surface area contributed by atoms with Crippen LogP contribution in [0.2, 0.25) is 4.34 Å². The normalized spacial score (nSPS) is 22.5. The van der Waals surface area contributed by atoms with Crippen molar-refractivity contribution in [3.63, 3.8) is 0 Å². The lowest BCUT2D eigenvalue weighted by atomic mass is 10.0. The zero-order valence-electron chi connectivity index (χ0n) is 9.89. The maximum atomic E-state index is 12.4. The fraction of sp³-hybridized carbons (Fsp3) is 0.636. The van der Waals surface area contributed by atoms with Crippen LogP contribution in [0, 0.1) is 5.92 Å². The Balaban J connectivity index is 2.32. The van der Waals surface area contributed by atoms with E-state index < -0.39 is 10.0 Å². The van der Waals surface area contributed by atoms with Gasteiger partial charge in [0, 0.05) is 12.6 Å². The van der Waals surface area contributed by atoms with Gasteiger partial charge in [-0.1, -0.05) is 25.4 Å². The van der Waals surface area contributed by atoms with Crippen molar-refractivity contribution in [1.29, 1.82) is 0 Å². The van der Waals surface area contributed by atoms with Crippen LogP contribution in [0.1, 0.15) is 26.7 Å². The first kappa shape index (κ1) is 13.3. The van der Waals surface area contributed by atoms with Crippen LogP contribution in [0.4, 0.5) is 0 Å². The van der Waals surface area contributed by atoms with Crippen molar-refractivity contribution in [2.75, 3.05) is 6.54 Å². The molecule has 17 heavy (non-hydrogen) atoms. The Bertz CT molecular complexity index is 495. The summed E-state index contributed by atoms with van der Waals surface area (Å²) >= 11 is 6.94. The molecule has 1 aliphatic heterocycles. The van der Waals surface area contributed by atoms with Gasteiger partial charge in [-0.15, -0.1) is 11.3 Å². The van der Waals surface area contributed by atoms with Gasteiger partial charge >= 0.3 is 0 Å². The number of halogens is 1. The molecule has 0 bridgehead atoms. The van der Waals surface area contributed by atoms with Crippen LogP contribution in [0.25, 0.3) is 0 Å². The van der Waals surface area contributed by atoms with Gasteiger partial charge in [0.2, 0.25) is 0 Å². The smallest absolute Gasteiger partial charge is 0.206 e. The summed E-state index contributed by atoms with van der Waals surface area (Å²) in [5, 5.41) is 0. The SMILES string of the molecule is CC(C)C1CCCN1S(=O)(=O)c1ccc(Cl)s1. The van der Waals surface area contributed by atoms with Crippen molar-refractivity contribution in [1.82, 2.24) is 4.31 Å². The predicted octanol–water partition coefficient (Wildman–Crippen LogP) is 3.21. The Morgan fingerprint density at radius 1 is 1.47 bits per heavy atom. The van der Waals surface area contributed by atoms with E-state index in [-0.39, 0.29) is 6.04 Å². The van der Waals surface area contributed by atoms with E-state index >= 15 is 0 Å². The highest BCUT2D eigenvalue weighted by Crippen LogP contribution is 2.34. The molecule has 0 N–H and O–H groups in total. The van der Waals surface area contributed by atoms with E-state index in [1.165, 1.54) is 0 Å². The summed E-state index contributed by atoms with van der Waals surface area (Å²) in [6.45, 7) is 4.76. The van der Waals surface area contributed by atoms with Crippen LogP contribution in [-0.4, -0.2) is 25.3 Å². The van der Waals surface area contributed by atoms with Gasteiger partial charge in [0.25, 0.3) is 10.0 Å². The van der Waals surface area contributed by atoms with Crippen molar-refractivity contribution in [2.24, 2.45) is 5.92 Å². The Kier molecular flexibility index (Phi) is 3.83. The molecule has 0 aromatic carbocycles. The molecular formula is C11H16ClNO2S2. The molecule has 2 rings (SSSR count). The molecule has 1 aromatic heterocycles. The van der Waals surface area contributed by atoms with Gasteiger partial charge in [0.1, 0.15) is 4.21 Å². The van der Waals surface area contributed by atoms with Crippen molar-refractivity contribution < 1.29 is 8.42 Å². The largest absolute Gasteiger partial charge is 0.252 e. The van der Waals surface area contributed by atoms with Crippen molar-refractivity contribution in [3.8, 4) is 0 Å². The third-order valence-corrected chi connectivity index (χ3v) is 6.75. The molecule has 0 amide bonds. The summed E-state index contributed by atoms with van der Waals surface area (Å²) in [6, 6.07) is 3.36. The fourth-order valence-corrected chi connectivity index (χ4v) is 5.72. The second-order valence-electron chi connectivity index (χ2n) is 4.63. The quantitative estimate of drug-likeness (QED) is 0.858. The molecule has 1 aromatic rings. The van der Waals surface area contributed by atoms with E-state index in [2.05, 4.69) is 13.8 Å². The third kappa shape index (κ3) is 2.52. The summed E-state index contributed by atoms with van der Waals surface area (Å²) in [4.78, 5) is 0. The van der Waals surface area contributed by atoms with Crippen LogP contribution in [0.5, 0.6) is 0 Å². The number of hydrogen-bond acceptors (Lipinski definition) is 3. The highest BCUT2D eigenvalue weighted by molar-refractivity contribution is 7.91. The van der Waals surface area contributed by atoms with Gasteiger partial charge in [-0.2, -0.15) is 4.31 Å². The Morgan fingerprint density at radius 3 is 2.71 bits per heavy atom. The zero-order chi connectivity index (χ0) is 12.6. The minimum Gasteiger partial charge on any atom is -0.206 e. The minimum absolute atomic E-state index is 0.126. The summed E-state index contributed by atoms with van der Waals surface area (Å²) in [7, 11) is -3.34. The van der Waals surface area contributed by atoms with Crippen LogP contribution in [0.3, 0.4) is 0 Å². The standard InChI is InChI=1S/C11H16ClNO2S2/c1-8(2)9-4-3-7-13(9)17(14,15)11-6-5-10(12)16-11/h5-6,8-9H,3-4,7H2,1-2H3. The maximum Gasteiger partial charge on any atom is 0.252 e. The van der Waals surface area contributed by atoms with Crippen LogP contribution >= 0.6 is 22.9 Å². The van der Waals surface area contributed by atoms with Crippen LogP contribution < -0.4 is 0 Å². The molecule has 1 saturated heterocycles. The van der Waals surface area contributed by atoms with E-state index in [1.807, 2.05) is 0 Å². The van der Waals surface area contributed by atoms with Gasteiger partial charge in [-0.3, -0.25) is 0 Å². The van der Waals surface area contributed by atoms with Gasteiger partial charge < -0.3 is 0 Å². The Labute approximate surface area is 111 Å². The number of sulfonamides is 1. The first-order valence-corrected chi connectivity index (χ1v) is 8.33. The molecule has 1 aliphatic rings. The topological polar surface area (TPSA) is 37.4 Å². The highest BCUT2D eigenvalue weighted by atomic mass is 35.5. The maximum absolute atomic E-state index is 12.4. The molecule has 0 spiro atoms. The average molecular weight is 294 g/mol. The number of rotatable bonds is 3. The molecular weight excluding hydrogens is 278 g/mol. The average Bonchev–Trinajstić information content (AvgIpc) is 2.84. The summed E-state index contributed by atoms with van der Waals surface area (Å²) in [5.41, 5.74) is 0.